The molecule has 0 spiro atoms. The van der Waals surface area contributed by atoms with Crippen LogP contribution in [0.5, 0.6) is 5.75 Å². The topological polar surface area (TPSA) is 22.1 Å². The number of hydrogen-bond donors (Lipinski definition) is 0. The summed E-state index contributed by atoms with van der Waals surface area (Å²) in [5.41, 5.74) is 2.02. The molecule has 5 heteroatoms. The maximum atomic E-state index is 5.78. The fourth-order valence-corrected chi connectivity index (χ4v) is 2.52. The first-order valence-electron chi connectivity index (χ1n) is 5.26. The van der Waals surface area contributed by atoms with Crippen LogP contribution in [0, 0.1) is 0 Å². The SMILES string of the molecule is BrCc1cc(Br)ccc1OCc1ccc(Br)cn1. The second-order valence-corrected chi connectivity index (χ2v) is 6.03. The van der Waals surface area contributed by atoms with Crippen LogP contribution >= 0.6 is 47.8 Å². The molecule has 2 nitrogen and oxygen atoms in total. The van der Waals surface area contributed by atoms with Crippen molar-refractivity contribution in [3.8, 4) is 5.75 Å². The fraction of sp³-hybridized carbons (Fsp3) is 0.154. The summed E-state index contributed by atoms with van der Waals surface area (Å²) in [6.45, 7) is 0.467. The molecule has 94 valence electrons. The van der Waals surface area contributed by atoms with Crippen LogP contribution in [0.2, 0.25) is 0 Å². The molecule has 0 amide bonds. The molecule has 0 bridgehead atoms. The Balaban J connectivity index is 2.08. The Kier molecular flexibility index (Phi) is 5.21. The predicted octanol–water partition coefficient (Wildman–Crippen LogP) is 5.08. The van der Waals surface area contributed by atoms with Crippen molar-refractivity contribution in [2.75, 3.05) is 0 Å². The molecule has 0 N–H and O–H groups in total. The number of aromatic nitrogens is 1. The molecule has 0 fully saturated rings. The molecule has 1 heterocycles. The van der Waals surface area contributed by atoms with Crippen molar-refractivity contribution >= 4 is 47.8 Å². The van der Waals surface area contributed by atoms with E-state index in [9.17, 15) is 0 Å². The fourth-order valence-electron chi connectivity index (χ4n) is 1.44. The Morgan fingerprint density at radius 3 is 2.50 bits per heavy atom. The van der Waals surface area contributed by atoms with Crippen molar-refractivity contribution in [1.82, 2.24) is 4.98 Å². The van der Waals surface area contributed by atoms with E-state index in [1.54, 1.807) is 6.20 Å². The van der Waals surface area contributed by atoms with Crippen LogP contribution in [0.25, 0.3) is 0 Å². The van der Waals surface area contributed by atoms with Crippen molar-refractivity contribution in [3.05, 3.63) is 56.7 Å². The van der Waals surface area contributed by atoms with Gasteiger partial charge in [-0.3, -0.25) is 4.98 Å². The van der Waals surface area contributed by atoms with E-state index in [1.807, 2.05) is 30.3 Å². The van der Waals surface area contributed by atoms with Crippen LogP contribution < -0.4 is 4.74 Å². The highest BCUT2D eigenvalue weighted by molar-refractivity contribution is 9.10. The monoisotopic (exact) mass is 433 g/mol. The summed E-state index contributed by atoms with van der Waals surface area (Å²) in [5, 5.41) is 0.759. The molecule has 0 saturated carbocycles. The first-order valence-corrected chi connectivity index (χ1v) is 7.97. The summed E-state index contributed by atoms with van der Waals surface area (Å²) in [6.07, 6.45) is 1.77. The molecule has 1 aromatic heterocycles. The Labute approximate surface area is 131 Å². The summed E-state index contributed by atoms with van der Waals surface area (Å²) >= 11 is 10.3. The van der Waals surface area contributed by atoms with Gasteiger partial charge in [-0.25, -0.2) is 0 Å². The highest BCUT2D eigenvalue weighted by Gasteiger charge is 2.04. The van der Waals surface area contributed by atoms with E-state index in [2.05, 4.69) is 52.8 Å². The van der Waals surface area contributed by atoms with Crippen LogP contribution in [0.15, 0.2) is 45.5 Å². The van der Waals surface area contributed by atoms with Gasteiger partial charge in [-0.05, 0) is 46.3 Å². The highest BCUT2D eigenvalue weighted by atomic mass is 79.9. The van der Waals surface area contributed by atoms with Gasteiger partial charge in [-0.15, -0.1) is 0 Å². The Morgan fingerprint density at radius 1 is 1.06 bits per heavy atom. The summed E-state index contributed by atoms with van der Waals surface area (Å²) < 4.78 is 7.80. The molecule has 2 rings (SSSR count). The summed E-state index contributed by atoms with van der Waals surface area (Å²) in [5.74, 6) is 0.875. The number of ether oxygens (including phenoxy) is 1. The Hall–Kier alpha value is -0.390. The van der Waals surface area contributed by atoms with Crippen LogP contribution in [0.4, 0.5) is 0 Å². The van der Waals surface area contributed by atoms with E-state index in [1.165, 1.54) is 0 Å². The van der Waals surface area contributed by atoms with Crippen molar-refractivity contribution in [2.45, 2.75) is 11.9 Å². The largest absolute Gasteiger partial charge is 0.487 e. The van der Waals surface area contributed by atoms with Gasteiger partial charge in [0.2, 0.25) is 0 Å². The second-order valence-electron chi connectivity index (χ2n) is 3.64. The highest BCUT2D eigenvalue weighted by Crippen LogP contribution is 2.25. The van der Waals surface area contributed by atoms with Crippen LogP contribution in [-0.2, 0) is 11.9 Å². The maximum absolute atomic E-state index is 5.78. The summed E-state index contributed by atoms with van der Waals surface area (Å²) in [4.78, 5) is 4.27. The molecule has 1 aromatic carbocycles. The number of nitrogens with zero attached hydrogens (tertiary/aromatic N) is 1. The smallest absolute Gasteiger partial charge is 0.130 e. The van der Waals surface area contributed by atoms with E-state index < -0.39 is 0 Å². The molecular weight excluding hydrogens is 426 g/mol. The Morgan fingerprint density at radius 2 is 1.83 bits per heavy atom. The first kappa shape index (κ1) is 14.0. The summed E-state index contributed by atoms with van der Waals surface area (Å²) in [7, 11) is 0. The summed E-state index contributed by atoms with van der Waals surface area (Å²) in [6, 6.07) is 9.87. The second kappa shape index (κ2) is 6.68. The van der Waals surface area contributed by atoms with Gasteiger partial charge >= 0.3 is 0 Å². The molecule has 2 aromatic rings. The number of benzene rings is 1. The molecule has 0 unspecified atom stereocenters. The third-order valence-corrected chi connectivity index (χ3v) is 3.90. The maximum Gasteiger partial charge on any atom is 0.130 e. The average molecular weight is 436 g/mol. The van der Waals surface area contributed by atoms with Gasteiger partial charge < -0.3 is 4.74 Å². The molecule has 18 heavy (non-hydrogen) atoms. The minimum absolute atomic E-state index is 0.467. The number of alkyl halides is 1. The lowest BCUT2D eigenvalue weighted by atomic mass is 10.2. The number of hydrogen-bond acceptors (Lipinski definition) is 2. The van der Waals surface area contributed by atoms with Gasteiger partial charge in [-0.2, -0.15) is 0 Å². The van der Waals surface area contributed by atoms with E-state index >= 15 is 0 Å². The third-order valence-electron chi connectivity index (χ3n) is 2.33. The van der Waals surface area contributed by atoms with E-state index in [0.29, 0.717) is 6.61 Å². The number of pyridine rings is 1. The van der Waals surface area contributed by atoms with E-state index in [4.69, 9.17) is 4.74 Å². The molecule has 0 saturated heterocycles. The zero-order valence-electron chi connectivity index (χ0n) is 9.37. The van der Waals surface area contributed by atoms with Gasteiger partial charge in [0.1, 0.15) is 12.4 Å². The molecule has 0 aliphatic carbocycles. The lowest BCUT2D eigenvalue weighted by Crippen LogP contribution is -1.99. The van der Waals surface area contributed by atoms with Gasteiger partial charge in [0, 0.05) is 26.0 Å². The predicted molar refractivity (Wildman–Crippen MR) is 83.0 cm³/mol. The molecule has 0 aliphatic heterocycles. The van der Waals surface area contributed by atoms with Gasteiger partial charge in [-0.1, -0.05) is 31.9 Å². The lowest BCUT2D eigenvalue weighted by Gasteiger charge is -2.10. The molecule has 0 aliphatic rings. The Bertz CT molecular complexity index is 528. The zero-order chi connectivity index (χ0) is 13.0. The van der Waals surface area contributed by atoms with E-state index in [-0.39, 0.29) is 0 Å². The van der Waals surface area contributed by atoms with E-state index in [0.717, 1.165) is 31.3 Å². The van der Waals surface area contributed by atoms with Crippen LogP contribution in [0.3, 0.4) is 0 Å². The standard InChI is InChI=1S/C13H10Br3NO/c14-6-9-5-10(15)2-4-13(9)18-8-12-3-1-11(16)7-17-12/h1-5,7H,6,8H2. The molecular formula is C13H10Br3NO. The number of halogens is 3. The van der Waals surface area contributed by atoms with Crippen molar-refractivity contribution < 1.29 is 4.74 Å². The minimum atomic E-state index is 0.467. The zero-order valence-corrected chi connectivity index (χ0v) is 14.1. The van der Waals surface area contributed by atoms with Gasteiger partial charge in [0.15, 0.2) is 0 Å². The van der Waals surface area contributed by atoms with Crippen LogP contribution in [-0.4, -0.2) is 4.98 Å². The normalized spacial score (nSPS) is 10.4. The van der Waals surface area contributed by atoms with Crippen LogP contribution in [0.1, 0.15) is 11.3 Å². The van der Waals surface area contributed by atoms with Crippen molar-refractivity contribution in [2.24, 2.45) is 0 Å². The number of rotatable bonds is 4. The quantitative estimate of drug-likeness (QED) is 0.625. The van der Waals surface area contributed by atoms with Crippen molar-refractivity contribution in [1.29, 1.82) is 0 Å². The first-order chi connectivity index (χ1) is 8.69. The third kappa shape index (κ3) is 3.80. The minimum Gasteiger partial charge on any atom is -0.487 e. The average Bonchev–Trinajstić information content (AvgIpc) is 2.39. The lowest BCUT2D eigenvalue weighted by molar-refractivity contribution is 0.299. The molecule has 0 radical (unpaired) electrons. The van der Waals surface area contributed by atoms with Gasteiger partial charge in [0.05, 0.1) is 5.69 Å². The van der Waals surface area contributed by atoms with Crippen molar-refractivity contribution in [3.63, 3.8) is 0 Å². The van der Waals surface area contributed by atoms with Gasteiger partial charge in [0.25, 0.3) is 0 Å². The molecule has 0 atom stereocenters.